The van der Waals surface area contributed by atoms with Gasteiger partial charge in [0.1, 0.15) is 0 Å². The number of rotatable bonds is 6. The van der Waals surface area contributed by atoms with Crippen molar-refractivity contribution in [3.05, 3.63) is 54.6 Å². The number of carbonyl (C=O) groups excluding carboxylic acids is 1. The Morgan fingerprint density at radius 2 is 1.48 bits per heavy atom. The Hall–Kier alpha value is -2.69. The van der Waals surface area contributed by atoms with Crippen molar-refractivity contribution in [2.24, 2.45) is 0 Å². The summed E-state index contributed by atoms with van der Waals surface area (Å²) in [5.74, 6) is 1.30. The average Bonchev–Trinajstić information content (AvgIpc) is 2.68. The highest BCUT2D eigenvalue weighted by atomic mass is 16.5. The molecule has 1 fully saturated rings. The maximum atomic E-state index is 12.4. The second kappa shape index (κ2) is 8.42. The quantitative estimate of drug-likeness (QED) is 0.811. The minimum atomic E-state index is 0.0130. The number of hydrogen-bond acceptors (Lipinski definition) is 4. The van der Waals surface area contributed by atoms with Crippen molar-refractivity contribution in [2.45, 2.75) is 6.92 Å². The SMILES string of the molecule is CCOc1ccccc1OCC(=O)N1CCN(c2ccccc2)CC1. The fourth-order valence-corrected chi connectivity index (χ4v) is 2.93. The van der Waals surface area contributed by atoms with Crippen LogP contribution in [0, 0.1) is 0 Å². The Kier molecular flexibility index (Phi) is 5.77. The van der Waals surface area contributed by atoms with E-state index in [2.05, 4.69) is 17.0 Å². The number of carbonyl (C=O) groups is 1. The number of anilines is 1. The van der Waals surface area contributed by atoms with E-state index in [1.807, 2.05) is 54.3 Å². The van der Waals surface area contributed by atoms with Crippen LogP contribution in [-0.4, -0.2) is 50.2 Å². The molecule has 5 heteroatoms. The fourth-order valence-electron chi connectivity index (χ4n) is 2.93. The van der Waals surface area contributed by atoms with Crippen molar-refractivity contribution in [1.82, 2.24) is 4.90 Å². The van der Waals surface area contributed by atoms with Gasteiger partial charge in [-0.2, -0.15) is 0 Å². The number of nitrogens with zero attached hydrogens (tertiary/aromatic N) is 2. The molecule has 5 nitrogen and oxygen atoms in total. The van der Waals surface area contributed by atoms with Crippen molar-refractivity contribution in [1.29, 1.82) is 0 Å². The standard InChI is InChI=1S/C20H24N2O3/c1-2-24-18-10-6-7-11-19(18)25-16-20(23)22-14-12-21(13-15-22)17-8-4-3-5-9-17/h3-11H,2,12-16H2,1H3. The summed E-state index contributed by atoms with van der Waals surface area (Å²) >= 11 is 0. The highest BCUT2D eigenvalue weighted by Crippen LogP contribution is 2.26. The molecule has 1 amide bonds. The summed E-state index contributed by atoms with van der Waals surface area (Å²) in [6.07, 6.45) is 0. The maximum absolute atomic E-state index is 12.4. The second-order valence-electron chi connectivity index (χ2n) is 5.87. The van der Waals surface area contributed by atoms with Crippen LogP contribution >= 0.6 is 0 Å². The van der Waals surface area contributed by atoms with Gasteiger partial charge in [0.15, 0.2) is 18.1 Å². The van der Waals surface area contributed by atoms with Crippen molar-refractivity contribution >= 4 is 11.6 Å². The third-order valence-corrected chi connectivity index (χ3v) is 4.25. The number of para-hydroxylation sites is 3. The largest absolute Gasteiger partial charge is 0.490 e. The van der Waals surface area contributed by atoms with Gasteiger partial charge in [-0.25, -0.2) is 0 Å². The lowest BCUT2D eigenvalue weighted by molar-refractivity contribution is -0.133. The summed E-state index contributed by atoms with van der Waals surface area (Å²) in [5.41, 5.74) is 1.21. The summed E-state index contributed by atoms with van der Waals surface area (Å²) in [4.78, 5) is 16.6. The summed E-state index contributed by atoms with van der Waals surface area (Å²) < 4.78 is 11.2. The average molecular weight is 340 g/mol. The smallest absolute Gasteiger partial charge is 0.260 e. The molecule has 1 aliphatic heterocycles. The number of ether oxygens (including phenoxy) is 2. The summed E-state index contributed by atoms with van der Waals surface area (Å²) in [6, 6.07) is 17.7. The van der Waals surface area contributed by atoms with Gasteiger partial charge in [-0.1, -0.05) is 30.3 Å². The molecule has 0 aromatic heterocycles. The van der Waals surface area contributed by atoms with Crippen LogP contribution in [-0.2, 0) is 4.79 Å². The van der Waals surface area contributed by atoms with Gasteiger partial charge in [0.05, 0.1) is 6.61 Å². The van der Waals surface area contributed by atoms with Crippen LogP contribution in [0.3, 0.4) is 0 Å². The molecule has 2 aromatic carbocycles. The first-order valence-corrected chi connectivity index (χ1v) is 8.70. The van der Waals surface area contributed by atoms with E-state index >= 15 is 0 Å². The van der Waals surface area contributed by atoms with E-state index in [0.29, 0.717) is 31.2 Å². The Balaban J connectivity index is 1.50. The van der Waals surface area contributed by atoms with E-state index in [0.717, 1.165) is 13.1 Å². The Morgan fingerprint density at radius 3 is 2.12 bits per heavy atom. The number of benzene rings is 2. The predicted octanol–water partition coefficient (Wildman–Crippen LogP) is 2.81. The molecule has 2 aromatic rings. The van der Waals surface area contributed by atoms with E-state index in [4.69, 9.17) is 9.47 Å². The van der Waals surface area contributed by atoms with Gasteiger partial charge in [-0.15, -0.1) is 0 Å². The first-order chi connectivity index (χ1) is 12.3. The second-order valence-corrected chi connectivity index (χ2v) is 5.87. The molecule has 0 saturated carbocycles. The van der Waals surface area contributed by atoms with Gasteiger partial charge in [0.25, 0.3) is 5.91 Å². The topological polar surface area (TPSA) is 42.0 Å². The predicted molar refractivity (Wildman–Crippen MR) is 98.3 cm³/mol. The molecular weight excluding hydrogens is 316 g/mol. The van der Waals surface area contributed by atoms with Crippen molar-refractivity contribution < 1.29 is 14.3 Å². The van der Waals surface area contributed by atoms with Crippen LogP contribution in [0.1, 0.15) is 6.92 Å². The minimum Gasteiger partial charge on any atom is -0.490 e. The monoisotopic (exact) mass is 340 g/mol. The van der Waals surface area contributed by atoms with Gasteiger partial charge in [0.2, 0.25) is 0 Å². The molecule has 25 heavy (non-hydrogen) atoms. The van der Waals surface area contributed by atoms with Crippen LogP contribution < -0.4 is 14.4 Å². The molecule has 0 unspecified atom stereocenters. The lowest BCUT2D eigenvalue weighted by atomic mass is 10.2. The van der Waals surface area contributed by atoms with Crippen LogP contribution in [0.4, 0.5) is 5.69 Å². The zero-order valence-electron chi connectivity index (χ0n) is 14.6. The van der Waals surface area contributed by atoms with Crippen molar-refractivity contribution in [3.63, 3.8) is 0 Å². The molecule has 3 rings (SSSR count). The Bertz CT molecular complexity index is 682. The fraction of sp³-hybridized carbons (Fsp3) is 0.350. The van der Waals surface area contributed by atoms with E-state index in [9.17, 15) is 4.79 Å². The highest BCUT2D eigenvalue weighted by Gasteiger charge is 2.21. The van der Waals surface area contributed by atoms with Gasteiger partial charge in [0, 0.05) is 31.9 Å². The maximum Gasteiger partial charge on any atom is 0.260 e. The first kappa shape index (κ1) is 17.1. The van der Waals surface area contributed by atoms with Gasteiger partial charge in [-0.05, 0) is 31.2 Å². The normalized spacial score (nSPS) is 14.3. The van der Waals surface area contributed by atoms with E-state index < -0.39 is 0 Å². The molecular formula is C20H24N2O3. The highest BCUT2D eigenvalue weighted by molar-refractivity contribution is 5.78. The molecule has 0 aliphatic carbocycles. The van der Waals surface area contributed by atoms with Crippen molar-refractivity contribution in [3.8, 4) is 11.5 Å². The molecule has 0 atom stereocenters. The lowest BCUT2D eigenvalue weighted by Crippen LogP contribution is -2.50. The van der Waals surface area contributed by atoms with Crippen LogP contribution in [0.2, 0.25) is 0 Å². The Morgan fingerprint density at radius 1 is 0.880 bits per heavy atom. The molecule has 132 valence electrons. The molecule has 0 spiro atoms. The Labute approximate surface area is 148 Å². The molecule has 0 N–H and O–H groups in total. The van der Waals surface area contributed by atoms with E-state index in [-0.39, 0.29) is 12.5 Å². The van der Waals surface area contributed by atoms with Gasteiger partial charge < -0.3 is 19.3 Å². The number of piperazine rings is 1. The zero-order valence-corrected chi connectivity index (χ0v) is 14.6. The molecule has 1 heterocycles. The van der Waals surface area contributed by atoms with Crippen LogP contribution in [0.25, 0.3) is 0 Å². The summed E-state index contributed by atoms with van der Waals surface area (Å²) in [5, 5.41) is 0. The molecule has 1 aliphatic rings. The van der Waals surface area contributed by atoms with E-state index in [1.54, 1.807) is 0 Å². The number of hydrogen-bond donors (Lipinski definition) is 0. The van der Waals surface area contributed by atoms with Crippen LogP contribution in [0.5, 0.6) is 11.5 Å². The van der Waals surface area contributed by atoms with Gasteiger partial charge in [-0.3, -0.25) is 4.79 Å². The third-order valence-electron chi connectivity index (χ3n) is 4.25. The number of amides is 1. The lowest BCUT2D eigenvalue weighted by Gasteiger charge is -2.36. The zero-order chi connectivity index (χ0) is 17.5. The van der Waals surface area contributed by atoms with Gasteiger partial charge >= 0.3 is 0 Å². The minimum absolute atomic E-state index is 0.0130. The molecule has 0 bridgehead atoms. The van der Waals surface area contributed by atoms with Crippen LogP contribution in [0.15, 0.2) is 54.6 Å². The molecule has 1 saturated heterocycles. The first-order valence-electron chi connectivity index (χ1n) is 8.70. The van der Waals surface area contributed by atoms with E-state index in [1.165, 1.54) is 5.69 Å². The van der Waals surface area contributed by atoms with Crippen molar-refractivity contribution in [2.75, 3.05) is 44.3 Å². The third kappa shape index (κ3) is 4.44. The summed E-state index contributed by atoms with van der Waals surface area (Å²) in [7, 11) is 0. The molecule has 0 radical (unpaired) electrons. The summed E-state index contributed by atoms with van der Waals surface area (Å²) in [6.45, 7) is 5.63.